The van der Waals surface area contributed by atoms with Crippen LogP contribution in [0.3, 0.4) is 0 Å². The average molecular weight is 1070 g/mol. The van der Waals surface area contributed by atoms with E-state index >= 15 is 0 Å². The number of hydrogen-bond donors (Lipinski definition) is 0. The molecule has 1 aliphatic rings. The standard InChI is InChI=1S/C74H65N5OS/c1-72(2,3)43-51-38-67(76-45-61(51)49-30-32-52(33-31-49)73(4,5)6)79-64-37-36-58-68-50(44-75)24-18-29-66(68)81-71(58)69(64)57-35-34-56(42-65(57)79)80-55-26-19-25-54(41-55)77-46-78(63-28-17-16-27-62(63)77)70-59(47-20-12-10-13-21-47)39-53(74(7,8)9)40-60(70)48-22-14-11-15-23-48/h10-42,45H,43,46H2,1-9H3/i43D2. The van der Waals surface area contributed by atoms with Crippen LogP contribution < -0.4 is 14.5 Å². The van der Waals surface area contributed by atoms with Crippen LogP contribution in [0.15, 0.2) is 206 Å². The molecule has 0 saturated heterocycles. The maximum absolute atomic E-state index is 10.3. The van der Waals surface area contributed by atoms with E-state index in [1.54, 1.807) is 11.3 Å². The van der Waals surface area contributed by atoms with Gasteiger partial charge in [0.2, 0.25) is 0 Å². The molecule has 0 spiro atoms. The Bertz CT molecular complexity index is 4490. The number of nitriles is 1. The van der Waals surface area contributed by atoms with Gasteiger partial charge in [-0.3, -0.25) is 4.57 Å². The number of pyridine rings is 1. The van der Waals surface area contributed by atoms with Crippen molar-refractivity contribution in [3.8, 4) is 56.8 Å². The molecule has 0 fully saturated rings. The Labute approximate surface area is 482 Å². The zero-order chi connectivity index (χ0) is 57.7. The summed E-state index contributed by atoms with van der Waals surface area (Å²) in [6.07, 6.45) is 0.0931. The third kappa shape index (κ3) is 9.38. The van der Waals surface area contributed by atoms with Gasteiger partial charge >= 0.3 is 0 Å². The summed E-state index contributed by atoms with van der Waals surface area (Å²) in [7, 11) is 0. The van der Waals surface area contributed by atoms with Crippen LogP contribution in [0.4, 0.5) is 22.7 Å². The van der Waals surface area contributed by atoms with Gasteiger partial charge in [-0.1, -0.05) is 178 Å². The van der Waals surface area contributed by atoms with Crippen LogP contribution in [0.25, 0.3) is 81.2 Å². The van der Waals surface area contributed by atoms with Gasteiger partial charge in [-0.15, -0.1) is 11.3 Å². The predicted octanol–water partition coefficient (Wildman–Crippen LogP) is 20.6. The van der Waals surface area contributed by atoms with Gasteiger partial charge in [0, 0.05) is 74.4 Å². The van der Waals surface area contributed by atoms with Crippen LogP contribution in [-0.4, -0.2) is 16.2 Å². The molecule has 0 unspecified atom stereocenters. The molecule has 81 heavy (non-hydrogen) atoms. The van der Waals surface area contributed by atoms with Crippen LogP contribution in [0, 0.1) is 16.7 Å². The van der Waals surface area contributed by atoms with Crippen molar-refractivity contribution in [2.24, 2.45) is 5.41 Å². The summed E-state index contributed by atoms with van der Waals surface area (Å²) in [6.45, 7) is 19.9. The second-order valence-corrected chi connectivity index (χ2v) is 25.6. The molecule has 0 saturated carbocycles. The maximum atomic E-state index is 10.3. The van der Waals surface area contributed by atoms with Crippen molar-refractivity contribution in [2.75, 3.05) is 16.5 Å². The summed E-state index contributed by atoms with van der Waals surface area (Å²) in [5.74, 6) is 1.92. The van der Waals surface area contributed by atoms with E-state index in [9.17, 15) is 8.00 Å². The first-order valence-electron chi connectivity index (χ1n) is 28.9. The lowest BCUT2D eigenvalue weighted by Crippen LogP contribution is -2.25. The van der Waals surface area contributed by atoms with Gasteiger partial charge in [0.15, 0.2) is 0 Å². The molecular weight excluding hydrogens is 1010 g/mol. The first-order chi connectivity index (χ1) is 39.8. The molecule has 9 aromatic carbocycles. The predicted molar refractivity (Wildman–Crippen MR) is 342 cm³/mol. The van der Waals surface area contributed by atoms with Gasteiger partial charge in [0.1, 0.15) is 24.0 Å². The topological polar surface area (TPSA) is 57.3 Å². The van der Waals surface area contributed by atoms with Gasteiger partial charge in [-0.05, 0) is 129 Å². The molecular formula is C74H65N5OS. The van der Waals surface area contributed by atoms with E-state index in [-0.39, 0.29) is 10.8 Å². The number of hydrogen-bond acceptors (Lipinski definition) is 6. The van der Waals surface area contributed by atoms with Crippen LogP contribution in [0.5, 0.6) is 11.5 Å². The Morgan fingerprint density at radius 2 is 1.17 bits per heavy atom. The summed E-state index contributed by atoms with van der Waals surface area (Å²) in [5, 5.41) is 14.3. The molecule has 0 amide bonds. The quantitative estimate of drug-likeness (QED) is 0.144. The number of anilines is 4. The zero-order valence-corrected chi connectivity index (χ0v) is 48.2. The van der Waals surface area contributed by atoms with Gasteiger partial charge in [0.05, 0.1) is 39.7 Å². The van der Waals surface area contributed by atoms with Gasteiger partial charge in [0.25, 0.3) is 0 Å². The second kappa shape index (κ2) is 19.7. The summed E-state index contributed by atoms with van der Waals surface area (Å²) in [6, 6.07) is 72.7. The lowest BCUT2D eigenvalue weighted by molar-refractivity contribution is 0.411. The highest BCUT2D eigenvalue weighted by molar-refractivity contribution is 7.26. The van der Waals surface area contributed by atoms with E-state index < -0.39 is 11.8 Å². The fraction of sp³-hybridized carbons (Fsp3) is 0.189. The molecule has 0 aliphatic carbocycles. The van der Waals surface area contributed by atoms with E-state index in [0.717, 1.165) is 87.0 Å². The monoisotopic (exact) mass is 1070 g/mol. The second-order valence-electron chi connectivity index (χ2n) is 24.5. The van der Waals surface area contributed by atoms with Crippen molar-refractivity contribution < 1.29 is 7.48 Å². The molecule has 7 heteroatoms. The normalized spacial score (nSPS) is 13.5. The van der Waals surface area contributed by atoms with Crippen molar-refractivity contribution in [3.63, 3.8) is 0 Å². The van der Waals surface area contributed by atoms with Crippen molar-refractivity contribution in [3.05, 3.63) is 229 Å². The molecule has 0 atom stereocenters. The molecule has 13 rings (SSSR count). The zero-order valence-electron chi connectivity index (χ0n) is 49.4. The lowest BCUT2D eigenvalue weighted by Gasteiger charge is -2.30. The molecule has 0 bridgehead atoms. The highest BCUT2D eigenvalue weighted by atomic mass is 32.1. The van der Waals surface area contributed by atoms with Gasteiger partial charge in [-0.25, -0.2) is 4.98 Å². The Hall–Kier alpha value is -8.96. The minimum absolute atomic E-state index is 0.0370. The molecule has 6 nitrogen and oxygen atoms in total. The molecule has 0 N–H and O–H groups in total. The molecule has 1 aliphatic heterocycles. The van der Waals surface area contributed by atoms with E-state index in [2.05, 4.69) is 232 Å². The van der Waals surface area contributed by atoms with Crippen LogP contribution in [0.1, 0.15) is 87.3 Å². The Morgan fingerprint density at radius 3 is 1.83 bits per heavy atom. The first-order valence-corrected chi connectivity index (χ1v) is 28.7. The maximum Gasteiger partial charge on any atom is 0.137 e. The molecule has 3 aromatic heterocycles. The Balaban J connectivity index is 0.943. The van der Waals surface area contributed by atoms with Crippen molar-refractivity contribution in [1.82, 2.24) is 9.55 Å². The van der Waals surface area contributed by atoms with Crippen molar-refractivity contribution in [1.29, 1.82) is 5.26 Å². The Kier molecular flexibility index (Phi) is 11.9. The van der Waals surface area contributed by atoms with E-state index in [4.69, 9.17) is 9.72 Å². The lowest BCUT2D eigenvalue weighted by atomic mass is 9.82. The molecule has 0 radical (unpaired) electrons. The van der Waals surface area contributed by atoms with Gasteiger partial charge in [-0.2, -0.15) is 5.26 Å². The number of ether oxygens (including phenoxy) is 1. The number of rotatable bonds is 9. The summed E-state index contributed by atoms with van der Waals surface area (Å²) >= 11 is 1.69. The minimum atomic E-state index is -1.76. The average Bonchev–Trinajstić information content (AvgIpc) is 2.37. The van der Waals surface area contributed by atoms with Crippen molar-refractivity contribution >= 4 is 76.1 Å². The van der Waals surface area contributed by atoms with Crippen LogP contribution in [-0.2, 0) is 17.2 Å². The smallest absolute Gasteiger partial charge is 0.137 e. The van der Waals surface area contributed by atoms with Gasteiger partial charge < -0.3 is 14.5 Å². The van der Waals surface area contributed by atoms with Crippen LogP contribution >= 0.6 is 11.3 Å². The Morgan fingerprint density at radius 1 is 0.556 bits per heavy atom. The van der Waals surface area contributed by atoms with Crippen LogP contribution in [0.2, 0.25) is 0 Å². The number of thiophene rings is 1. The van der Waals surface area contributed by atoms with Crippen molar-refractivity contribution in [2.45, 2.75) is 79.5 Å². The largest absolute Gasteiger partial charge is 0.457 e. The first kappa shape index (κ1) is 49.1. The number of benzene rings is 9. The highest BCUT2D eigenvalue weighted by Crippen LogP contribution is 2.52. The minimum Gasteiger partial charge on any atom is -0.457 e. The number of para-hydroxylation sites is 2. The van der Waals surface area contributed by atoms with E-state index in [0.29, 0.717) is 35.1 Å². The summed E-state index contributed by atoms with van der Waals surface area (Å²) in [5.41, 5.74) is 15.3. The number of nitrogens with zero attached hydrogens (tertiary/aromatic N) is 5. The molecule has 4 heterocycles. The fourth-order valence-electron chi connectivity index (χ4n) is 11.7. The molecule has 398 valence electrons. The molecule has 12 aromatic rings. The van der Waals surface area contributed by atoms with E-state index in [1.807, 2.05) is 57.3 Å². The SMILES string of the molecule is [2H]C([2H])(c1cc(-n2c3cc(Oc4cccc(N5CN(c6c(-c7ccccc7)cc(C(C)(C)C)cc6-c6ccccc6)c6ccccc65)c4)ccc3c3c4sc5cccc(C#N)c5c4ccc32)ncc1-c1ccc(C(C)(C)C)cc1)C(C)(C)C. The third-order valence-electron chi connectivity index (χ3n) is 15.7. The summed E-state index contributed by atoms with van der Waals surface area (Å²) in [4.78, 5) is 10.1. The number of fused-ring (bicyclic) bond motifs is 8. The summed E-state index contributed by atoms with van der Waals surface area (Å²) < 4.78 is 31.0. The highest BCUT2D eigenvalue weighted by Gasteiger charge is 2.33. The number of aromatic nitrogens is 2. The third-order valence-corrected chi connectivity index (χ3v) is 16.9. The fourth-order valence-corrected chi connectivity index (χ4v) is 13.0. The van der Waals surface area contributed by atoms with E-state index in [1.165, 1.54) is 22.3 Å².